The van der Waals surface area contributed by atoms with Gasteiger partial charge < -0.3 is 34.6 Å². The molecule has 0 bridgehead atoms. The van der Waals surface area contributed by atoms with Crippen molar-refractivity contribution in [2.24, 2.45) is 0 Å². The van der Waals surface area contributed by atoms with E-state index in [-0.39, 0.29) is 55.8 Å². The summed E-state index contributed by atoms with van der Waals surface area (Å²) < 4.78 is 167. The van der Waals surface area contributed by atoms with Crippen molar-refractivity contribution in [3.63, 3.8) is 0 Å². The van der Waals surface area contributed by atoms with Gasteiger partial charge in [0.05, 0.1) is 45.7 Å². The number of carbonyl (C=O) groups is 2. The largest absolute Gasteiger partial charge is 0.495 e. The quantitative estimate of drug-likeness (QED) is 0.165. The summed E-state index contributed by atoms with van der Waals surface area (Å²) in [4.78, 5) is 26.7. The van der Waals surface area contributed by atoms with E-state index >= 15 is 0 Å². The predicted molar refractivity (Wildman–Crippen MR) is 228 cm³/mol. The molecule has 2 aliphatic heterocycles. The number of rotatable bonds is 8. The molecule has 2 aliphatic rings. The van der Waals surface area contributed by atoms with Crippen LogP contribution in [0.25, 0.3) is 0 Å². The topological polar surface area (TPSA) is 130 Å². The van der Waals surface area contributed by atoms with Crippen LogP contribution in [-0.4, -0.2) is 119 Å². The Morgan fingerprint density at radius 1 is 0.691 bits per heavy atom. The Bertz CT molecular complexity index is 2380. The number of nitrogens with zero attached hydrogens (tertiary/aromatic N) is 7. The second-order valence-electron chi connectivity index (χ2n) is 14.4. The van der Waals surface area contributed by atoms with Crippen molar-refractivity contribution in [3.8, 4) is 11.5 Å². The zero-order chi connectivity index (χ0) is 50.6. The molecule has 2 saturated heterocycles. The maximum atomic E-state index is 13.8. The molecule has 68 heavy (non-hydrogen) atoms. The third-order valence-corrected chi connectivity index (χ3v) is 11.6. The maximum Gasteiger partial charge on any atom is 0.436 e. The number of ether oxygens (including phenoxy) is 2. The third-order valence-electron chi connectivity index (χ3n) is 10.0. The van der Waals surface area contributed by atoms with E-state index in [9.17, 15) is 62.3 Å². The van der Waals surface area contributed by atoms with Crippen LogP contribution in [0.2, 0.25) is 20.1 Å². The average Bonchev–Trinajstić information content (AvgIpc) is 3.69. The van der Waals surface area contributed by atoms with Gasteiger partial charge >= 0.3 is 30.7 Å². The Labute approximate surface area is 400 Å². The number of alkyl halides is 12. The summed E-state index contributed by atoms with van der Waals surface area (Å²) in [6, 6.07) is 5.78. The first kappa shape index (κ1) is 57.6. The van der Waals surface area contributed by atoms with Crippen molar-refractivity contribution in [3.05, 3.63) is 79.3 Å². The molecule has 0 spiro atoms. The van der Waals surface area contributed by atoms with E-state index in [0.29, 0.717) is 43.0 Å². The monoisotopic (exact) mass is 1070 g/mol. The number of halogens is 16. The van der Waals surface area contributed by atoms with Gasteiger partial charge in [0.25, 0.3) is 0 Å². The Hall–Kier alpha value is -4.72. The molecule has 0 radical (unpaired) electrons. The molecule has 1 amide bonds. The van der Waals surface area contributed by atoms with Crippen molar-refractivity contribution >= 4 is 69.7 Å². The van der Waals surface area contributed by atoms with E-state index in [2.05, 4.69) is 15.5 Å². The lowest BCUT2D eigenvalue weighted by atomic mass is 10.1. The zero-order valence-corrected chi connectivity index (χ0v) is 38.1. The number of carboxylic acids is 1. The molecule has 29 heteroatoms. The van der Waals surface area contributed by atoms with E-state index in [4.69, 9.17) is 61.0 Å². The number of hydrogen-bond donors (Lipinski definition) is 2. The van der Waals surface area contributed by atoms with Crippen LogP contribution in [-0.2, 0) is 35.0 Å². The molecule has 2 atom stereocenters. The number of methoxy groups -OCH3 is 2. The van der Waals surface area contributed by atoms with Crippen LogP contribution in [0.15, 0.2) is 36.4 Å². The number of hydrogen-bond acceptors (Lipinski definition) is 9. The molecular formula is C39H42Cl4F12N8O5. The highest BCUT2D eigenvalue weighted by Crippen LogP contribution is 2.38. The summed E-state index contributed by atoms with van der Waals surface area (Å²) in [5, 5.41) is 16.7. The highest BCUT2D eigenvalue weighted by atomic mass is 35.5. The molecule has 13 nitrogen and oxygen atoms in total. The van der Waals surface area contributed by atoms with Gasteiger partial charge in [-0.15, -0.1) is 0 Å². The highest BCUT2D eigenvalue weighted by molar-refractivity contribution is 6.33. The number of aromatic nitrogens is 4. The van der Waals surface area contributed by atoms with E-state index in [1.807, 2.05) is 0 Å². The third kappa shape index (κ3) is 14.4. The summed E-state index contributed by atoms with van der Waals surface area (Å²) in [5.74, 6) is -1.57. The molecule has 0 aliphatic carbocycles. The molecule has 4 heterocycles. The summed E-state index contributed by atoms with van der Waals surface area (Å²) >= 11 is 22.9. The number of carbonyl (C=O) groups excluding carboxylic acids is 1. The van der Waals surface area contributed by atoms with Crippen molar-refractivity contribution in [2.75, 3.05) is 63.3 Å². The van der Waals surface area contributed by atoms with Crippen LogP contribution in [0.4, 0.5) is 64.1 Å². The van der Waals surface area contributed by atoms with Crippen LogP contribution in [0, 0.1) is 13.8 Å². The fraction of sp³-hybridized carbons (Fsp3) is 0.487. The molecule has 2 aromatic carbocycles. The number of aliphatic carboxylic acids is 1. The van der Waals surface area contributed by atoms with Crippen LogP contribution >= 0.6 is 46.4 Å². The molecule has 4 aromatic rings. The van der Waals surface area contributed by atoms with Gasteiger partial charge in [-0.3, -0.25) is 19.0 Å². The van der Waals surface area contributed by atoms with Crippen molar-refractivity contribution in [2.45, 2.75) is 71.2 Å². The van der Waals surface area contributed by atoms with E-state index in [1.54, 1.807) is 23.1 Å². The summed E-state index contributed by atoms with van der Waals surface area (Å²) in [6.07, 6.45) is -18.6. The van der Waals surface area contributed by atoms with Gasteiger partial charge in [0.15, 0.2) is 11.4 Å². The van der Waals surface area contributed by atoms with Crippen LogP contribution in [0.1, 0.15) is 30.2 Å². The smallest absolute Gasteiger partial charge is 0.436 e. The van der Waals surface area contributed by atoms with Crippen LogP contribution < -0.4 is 24.6 Å². The number of benzene rings is 2. The SMILES string of the molecule is C.COc1cc(N2CCN(C(=O)Cn3nc(C(F)(F)F)c(Cl)c3C)C(C(F)(F)F)C2)ccc1Cl.COc1cc(N2CCNC(C(F)(F)F)C2)ccc1Cl.Cc1c(Cl)c(C(F)(F)F)nn1CC(=O)O. The molecule has 2 unspecified atom stereocenters. The molecule has 380 valence electrons. The first-order chi connectivity index (χ1) is 30.9. The van der Waals surface area contributed by atoms with Crippen molar-refractivity contribution in [1.29, 1.82) is 0 Å². The first-order valence-corrected chi connectivity index (χ1v) is 20.5. The number of amides is 1. The minimum Gasteiger partial charge on any atom is -0.495 e. The Morgan fingerprint density at radius 3 is 1.51 bits per heavy atom. The lowest BCUT2D eigenvalue weighted by molar-refractivity contribution is -0.190. The molecule has 6 rings (SSSR count). The van der Waals surface area contributed by atoms with Gasteiger partial charge in [-0.2, -0.15) is 62.9 Å². The number of carboxylic acid groups (broad SMARTS) is 1. The lowest BCUT2D eigenvalue weighted by Crippen LogP contribution is -2.61. The fourth-order valence-corrected chi connectivity index (χ4v) is 7.43. The van der Waals surface area contributed by atoms with E-state index in [0.717, 1.165) is 0 Å². The van der Waals surface area contributed by atoms with Gasteiger partial charge in [0, 0.05) is 62.8 Å². The normalized spacial score (nSPS) is 16.8. The standard InChI is InChI=1S/C19H18Cl2F6N4O2.C12H14ClF3N2O.C7H6ClF3N2O2.CH4/c1-10-16(21)17(19(25,26)27)28-31(10)9-15(32)30-6-5-29(8-14(30)18(22,23)24)11-3-4-12(20)13(7-11)33-2;1-19-10-6-8(2-3-9(10)13)18-5-4-17-11(7-18)12(14,15)16;1-3-5(8)6(7(9,10)11)12-13(3)2-4(14)15;/h3-4,7,14H,5-6,8-9H2,1-2H3;2-3,6,11,17H,4-5,7H2,1H3;2H2,1H3,(H,14,15);1H4. The van der Waals surface area contributed by atoms with Gasteiger partial charge in [-0.25, -0.2) is 0 Å². The number of nitrogens with one attached hydrogen (secondary N) is 1. The van der Waals surface area contributed by atoms with E-state index in [1.165, 1.54) is 51.2 Å². The van der Waals surface area contributed by atoms with Crippen molar-refractivity contribution < 1.29 is 76.9 Å². The van der Waals surface area contributed by atoms with Crippen LogP contribution in [0.3, 0.4) is 0 Å². The first-order valence-electron chi connectivity index (χ1n) is 19.0. The zero-order valence-electron chi connectivity index (χ0n) is 35.0. The highest BCUT2D eigenvalue weighted by Gasteiger charge is 2.49. The lowest BCUT2D eigenvalue weighted by Gasteiger charge is -2.43. The molecule has 2 aromatic heterocycles. The summed E-state index contributed by atoms with van der Waals surface area (Å²) in [6.45, 7) is 0.848. The average molecular weight is 1070 g/mol. The van der Waals surface area contributed by atoms with Gasteiger partial charge in [-0.1, -0.05) is 53.8 Å². The second kappa shape index (κ2) is 22.8. The second-order valence-corrected chi connectivity index (χ2v) is 16.0. The van der Waals surface area contributed by atoms with Crippen LogP contribution in [0.5, 0.6) is 11.5 Å². The van der Waals surface area contributed by atoms with E-state index < -0.39 is 89.7 Å². The number of anilines is 2. The van der Waals surface area contributed by atoms with Gasteiger partial charge in [0.2, 0.25) is 5.91 Å². The molecule has 0 saturated carbocycles. The van der Waals surface area contributed by atoms with Gasteiger partial charge in [0.1, 0.15) is 36.7 Å². The summed E-state index contributed by atoms with van der Waals surface area (Å²) in [7, 11) is 2.84. The Balaban J connectivity index is 0.000000296. The molecular weight excluding hydrogens is 1030 g/mol. The minimum absolute atomic E-state index is 0. The summed E-state index contributed by atoms with van der Waals surface area (Å²) in [5.41, 5.74) is -1.76. The van der Waals surface area contributed by atoms with Crippen molar-refractivity contribution in [1.82, 2.24) is 29.8 Å². The maximum absolute atomic E-state index is 13.8. The predicted octanol–water partition coefficient (Wildman–Crippen LogP) is 10.1. The Kier molecular flexibility index (Phi) is 19.3. The minimum atomic E-state index is -4.87. The molecule has 2 fully saturated rings. The fourth-order valence-electron chi connectivity index (χ4n) is 6.56. The van der Waals surface area contributed by atoms with Gasteiger partial charge in [-0.05, 0) is 38.1 Å². The Morgan fingerprint density at radius 2 is 1.13 bits per heavy atom. The molecule has 2 N–H and O–H groups in total. The number of piperazine rings is 2.